The van der Waals surface area contributed by atoms with Gasteiger partial charge in [0.1, 0.15) is 0 Å². The van der Waals surface area contributed by atoms with Crippen LogP contribution >= 0.6 is 0 Å². The second-order valence-corrected chi connectivity index (χ2v) is 7.18. The molecule has 1 spiro atoms. The second kappa shape index (κ2) is 8.12. The highest BCUT2D eigenvalue weighted by Gasteiger charge is 2.40. The van der Waals surface area contributed by atoms with E-state index in [0.29, 0.717) is 19.8 Å². The van der Waals surface area contributed by atoms with Gasteiger partial charge in [0.2, 0.25) is 0 Å². The number of benzene rings is 1. The van der Waals surface area contributed by atoms with Crippen LogP contribution in [-0.4, -0.2) is 65.0 Å². The number of rotatable bonds is 6. The van der Waals surface area contributed by atoms with Crippen molar-refractivity contribution >= 4 is 0 Å². The van der Waals surface area contributed by atoms with Crippen LogP contribution < -0.4 is 0 Å². The molecule has 0 aromatic heterocycles. The van der Waals surface area contributed by atoms with E-state index in [0.717, 1.165) is 37.1 Å². The van der Waals surface area contributed by atoms with E-state index in [1.165, 1.54) is 0 Å². The van der Waals surface area contributed by atoms with Crippen molar-refractivity contribution in [3.8, 4) is 0 Å². The van der Waals surface area contributed by atoms with Crippen LogP contribution in [0.2, 0.25) is 0 Å². The van der Waals surface area contributed by atoms with Crippen LogP contribution in [0.1, 0.15) is 37.0 Å². The van der Waals surface area contributed by atoms with Crippen molar-refractivity contribution < 1.29 is 24.8 Å². The third-order valence-electron chi connectivity index (χ3n) is 5.49. The Balaban J connectivity index is 1.50. The molecular weight excluding hydrogens is 322 g/mol. The van der Waals surface area contributed by atoms with E-state index in [1.54, 1.807) is 24.3 Å². The number of piperidine rings is 1. The molecule has 1 aromatic carbocycles. The molecule has 6 nitrogen and oxygen atoms in total. The summed E-state index contributed by atoms with van der Waals surface area (Å²) >= 11 is 0. The van der Waals surface area contributed by atoms with E-state index >= 15 is 0 Å². The van der Waals surface area contributed by atoms with E-state index in [1.807, 2.05) is 6.92 Å². The van der Waals surface area contributed by atoms with Gasteiger partial charge in [0.15, 0.2) is 5.79 Å². The van der Waals surface area contributed by atoms with Gasteiger partial charge in [0.25, 0.3) is 0 Å². The summed E-state index contributed by atoms with van der Waals surface area (Å²) in [6.07, 6.45) is 0.283. The van der Waals surface area contributed by atoms with Crippen LogP contribution in [0.3, 0.4) is 0 Å². The fourth-order valence-electron chi connectivity index (χ4n) is 3.63. The lowest BCUT2D eigenvalue weighted by molar-refractivity contribution is -0.187. The first kappa shape index (κ1) is 18.8. The topological polar surface area (TPSA) is 82.4 Å². The highest BCUT2D eigenvalue weighted by molar-refractivity contribution is 5.24. The lowest BCUT2D eigenvalue weighted by Gasteiger charge is -2.39. The molecule has 0 bridgehead atoms. The molecular formula is C19H29NO5. The summed E-state index contributed by atoms with van der Waals surface area (Å²) < 4.78 is 11.5. The minimum Gasteiger partial charge on any atom is -0.392 e. The Labute approximate surface area is 149 Å². The lowest BCUT2D eigenvalue weighted by Crippen LogP contribution is -2.48. The van der Waals surface area contributed by atoms with Gasteiger partial charge < -0.3 is 29.7 Å². The zero-order valence-electron chi connectivity index (χ0n) is 14.8. The third-order valence-corrected chi connectivity index (χ3v) is 5.49. The number of aliphatic hydroxyl groups excluding tert-OH is 3. The Bertz CT molecular complexity index is 533. The van der Waals surface area contributed by atoms with E-state index in [2.05, 4.69) is 4.90 Å². The smallest absolute Gasteiger partial charge is 0.170 e. The van der Waals surface area contributed by atoms with Gasteiger partial charge in [-0.1, -0.05) is 31.2 Å². The van der Waals surface area contributed by atoms with Gasteiger partial charge in [-0.05, 0) is 11.1 Å². The van der Waals surface area contributed by atoms with Crippen molar-refractivity contribution in [2.24, 2.45) is 5.92 Å². The fourth-order valence-corrected chi connectivity index (χ4v) is 3.63. The molecule has 2 heterocycles. The van der Waals surface area contributed by atoms with Gasteiger partial charge in [-0.25, -0.2) is 0 Å². The molecule has 1 aromatic rings. The van der Waals surface area contributed by atoms with E-state index in [9.17, 15) is 10.2 Å². The minimum absolute atomic E-state index is 0.0154. The molecule has 3 rings (SSSR count). The zero-order valence-corrected chi connectivity index (χ0v) is 14.8. The maximum absolute atomic E-state index is 10.6. The molecule has 0 unspecified atom stereocenters. The quantitative estimate of drug-likeness (QED) is 0.711. The SMILES string of the molecule is C[C@@H]([C@H](O)CN1CCC2(CC1)OCCO2)[C@@H](O)c1ccc(CO)cc1. The molecule has 2 saturated heterocycles. The van der Waals surface area contributed by atoms with Crippen molar-refractivity contribution in [1.29, 1.82) is 0 Å². The standard InChI is InChI=1S/C19H29NO5/c1-14(18(23)16-4-2-15(13-21)3-5-16)17(22)12-20-8-6-19(7-9-20)24-10-11-25-19/h2-5,14,17-18,21-23H,6-13H2,1H3/t14-,17+,18+/m0/s1. The van der Waals surface area contributed by atoms with Crippen molar-refractivity contribution in [3.63, 3.8) is 0 Å². The molecule has 2 fully saturated rings. The van der Waals surface area contributed by atoms with Crippen molar-refractivity contribution in [1.82, 2.24) is 4.90 Å². The van der Waals surface area contributed by atoms with Crippen LogP contribution in [-0.2, 0) is 16.1 Å². The zero-order chi connectivity index (χ0) is 17.9. The maximum Gasteiger partial charge on any atom is 0.170 e. The summed E-state index contributed by atoms with van der Waals surface area (Å²) in [5, 5.41) is 30.2. The average Bonchev–Trinajstić information content (AvgIpc) is 3.11. The molecule has 0 aliphatic carbocycles. The second-order valence-electron chi connectivity index (χ2n) is 7.18. The van der Waals surface area contributed by atoms with Gasteiger partial charge >= 0.3 is 0 Å². The Kier molecular flexibility index (Phi) is 6.09. The van der Waals surface area contributed by atoms with Gasteiger partial charge in [-0.2, -0.15) is 0 Å². The molecule has 2 aliphatic rings. The van der Waals surface area contributed by atoms with E-state index in [4.69, 9.17) is 14.6 Å². The van der Waals surface area contributed by atoms with Crippen molar-refractivity contribution in [2.75, 3.05) is 32.8 Å². The van der Waals surface area contributed by atoms with Crippen LogP contribution in [0.5, 0.6) is 0 Å². The third kappa shape index (κ3) is 4.39. The number of hydrogen-bond acceptors (Lipinski definition) is 6. The van der Waals surface area contributed by atoms with Crippen LogP contribution in [0.15, 0.2) is 24.3 Å². The molecule has 3 atom stereocenters. The van der Waals surface area contributed by atoms with Crippen LogP contribution in [0.4, 0.5) is 0 Å². The molecule has 2 aliphatic heterocycles. The number of hydrogen-bond donors (Lipinski definition) is 3. The molecule has 6 heteroatoms. The minimum atomic E-state index is -0.736. The molecule has 140 valence electrons. The normalized spacial score (nSPS) is 24.3. The Morgan fingerprint density at radius 3 is 2.24 bits per heavy atom. The van der Waals surface area contributed by atoms with Crippen LogP contribution in [0, 0.1) is 5.92 Å². The highest BCUT2D eigenvalue weighted by Crippen LogP contribution is 2.32. The van der Waals surface area contributed by atoms with E-state index in [-0.39, 0.29) is 12.5 Å². The number of aliphatic hydroxyl groups is 3. The van der Waals surface area contributed by atoms with Gasteiger partial charge in [-0.15, -0.1) is 0 Å². The first-order valence-electron chi connectivity index (χ1n) is 9.09. The van der Waals surface area contributed by atoms with Gasteiger partial charge in [-0.3, -0.25) is 0 Å². The summed E-state index contributed by atoms with van der Waals surface area (Å²) in [7, 11) is 0. The van der Waals surface area contributed by atoms with Crippen molar-refractivity contribution in [3.05, 3.63) is 35.4 Å². The summed E-state index contributed by atoms with van der Waals surface area (Å²) in [4.78, 5) is 2.21. The predicted octanol–water partition coefficient (Wildman–Crippen LogP) is 1.05. The summed E-state index contributed by atoms with van der Waals surface area (Å²) in [5.41, 5.74) is 1.57. The predicted molar refractivity (Wildman–Crippen MR) is 92.8 cm³/mol. The van der Waals surface area contributed by atoms with E-state index < -0.39 is 18.0 Å². The summed E-state index contributed by atoms with van der Waals surface area (Å²) in [6, 6.07) is 7.20. The molecule has 0 radical (unpaired) electrons. The fraction of sp³-hybridized carbons (Fsp3) is 0.684. The van der Waals surface area contributed by atoms with Gasteiger partial charge in [0.05, 0.1) is 32.0 Å². The number of β-amino-alcohol motifs (C(OH)–C–C–N with tert-alkyl or cyclic N) is 1. The van der Waals surface area contributed by atoms with Crippen molar-refractivity contribution in [2.45, 2.75) is 44.4 Å². The lowest BCUT2D eigenvalue weighted by atomic mass is 9.91. The van der Waals surface area contributed by atoms with Crippen LogP contribution in [0.25, 0.3) is 0 Å². The van der Waals surface area contributed by atoms with Gasteiger partial charge in [0, 0.05) is 38.4 Å². The monoisotopic (exact) mass is 351 g/mol. The number of likely N-dealkylation sites (tertiary alicyclic amines) is 1. The first-order valence-corrected chi connectivity index (χ1v) is 9.09. The maximum atomic E-state index is 10.6. The molecule has 3 N–H and O–H groups in total. The molecule has 0 saturated carbocycles. The molecule has 0 amide bonds. The summed E-state index contributed by atoms with van der Waals surface area (Å²) in [5.74, 6) is -0.684. The Hall–Kier alpha value is -1.02. The number of nitrogens with zero attached hydrogens (tertiary/aromatic N) is 1. The first-order chi connectivity index (χ1) is 12.0. The average molecular weight is 351 g/mol. The largest absolute Gasteiger partial charge is 0.392 e. The molecule has 25 heavy (non-hydrogen) atoms. The Morgan fingerprint density at radius 1 is 1.08 bits per heavy atom. The Morgan fingerprint density at radius 2 is 1.68 bits per heavy atom. The highest BCUT2D eigenvalue weighted by atomic mass is 16.7. The number of ether oxygens (including phenoxy) is 2. The summed E-state index contributed by atoms with van der Waals surface area (Å²) in [6.45, 7) is 5.36.